The number of carbonyl (C=O) groups is 1. The highest BCUT2D eigenvalue weighted by Gasteiger charge is 2.14. The second-order valence-corrected chi connectivity index (χ2v) is 5.69. The average molecular weight is 375 g/mol. The summed E-state index contributed by atoms with van der Waals surface area (Å²) in [6.07, 6.45) is 0. The topological polar surface area (TPSA) is 42.2 Å². The van der Waals surface area contributed by atoms with E-state index in [1.54, 1.807) is 18.2 Å². The van der Waals surface area contributed by atoms with Gasteiger partial charge in [-0.15, -0.1) is 0 Å². The Hall–Kier alpha value is -1.82. The zero-order chi connectivity index (χ0) is 14.1. The van der Waals surface area contributed by atoms with Gasteiger partial charge in [0.05, 0.1) is 0 Å². The van der Waals surface area contributed by atoms with Crippen LogP contribution in [0, 0.1) is 3.57 Å². The molecular formula is C16H12INO2. The van der Waals surface area contributed by atoms with Crippen molar-refractivity contribution in [3.8, 4) is 0 Å². The molecule has 1 N–H and O–H groups in total. The number of hydrogen-bond acceptors (Lipinski definition) is 3. The lowest BCUT2D eigenvalue weighted by Gasteiger charge is -2.01. The van der Waals surface area contributed by atoms with Gasteiger partial charge in [-0.25, -0.2) is 0 Å². The molecule has 0 fully saturated rings. The minimum Gasteiger partial charge on any atom is -0.453 e. The number of hydrogen-bond donors (Lipinski definition) is 1. The number of rotatable bonds is 3. The molecular weight excluding hydrogens is 363 g/mol. The van der Waals surface area contributed by atoms with Crippen molar-refractivity contribution in [3.63, 3.8) is 0 Å². The van der Waals surface area contributed by atoms with E-state index in [1.807, 2.05) is 37.4 Å². The SMILES string of the molecule is CNc1ccc(C(=O)c2cc3cc([125I])ccc3o2)cc1. The third-order valence-electron chi connectivity index (χ3n) is 3.14. The fourth-order valence-corrected chi connectivity index (χ4v) is 2.57. The van der Waals surface area contributed by atoms with Crippen molar-refractivity contribution in [3.05, 3.63) is 63.4 Å². The average Bonchev–Trinajstić information content (AvgIpc) is 2.89. The van der Waals surface area contributed by atoms with Gasteiger partial charge in [-0.2, -0.15) is 0 Å². The number of ketones is 1. The molecule has 1 aromatic heterocycles. The van der Waals surface area contributed by atoms with Crippen molar-refractivity contribution in [1.82, 2.24) is 0 Å². The number of furan rings is 1. The van der Waals surface area contributed by atoms with E-state index < -0.39 is 0 Å². The first-order valence-corrected chi connectivity index (χ1v) is 7.27. The van der Waals surface area contributed by atoms with Gasteiger partial charge in [0.25, 0.3) is 0 Å². The number of benzene rings is 2. The number of nitrogens with one attached hydrogen (secondary N) is 1. The predicted molar refractivity (Wildman–Crippen MR) is 88.4 cm³/mol. The van der Waals surface area contributed by atoms with Gasteiger partial charge in [0.15, 0.2) is 5.76 Å². The molecule has 20 heavy (non-hydrogen) atoms. The Balaban J connectivity index is 1.98. The molecule has 0 unspecified atom stereocenters. The highest BCUT2D eigenvalue weighted by atomic mass is 125. The van der Waals surface area contributed by atoms with Crippen LogP contribution in [-0.4, -0.2) is 12.8 Å². The summed E-state index contributed by atoms with van der Waals surface area (Å²) in [5.74, 6) is 0.276. The van der Waals surface area contributed by atoms with Gasteiger partial charge in [-0.3, -0.25) is 4.79 Å². The molecule has 0 radical (unpaired) electrons. The fourth-order valence-electron chi connectivity index (χ4n) is 2.06. The van der Waals surface area contributed by atoms with Gasteiger partial charge in [0.1, 0.15) is 5.58 Å². The Labute approximate surface area is 130 Å². The first-order valence-electron chi connectivity index (χ1n) is 6.19. The molecule has 0 aliphatic carbocycles. The lowest BCUT2D eigenvalue weighted by molar-refractivity contribution is 0.101. The molecule has 4 heteroatoms. The molecule has 1 heterocycles. The van der Waals surface area contributed by atoms with Crippen LogP contribution in [0.5, 0.6) is 0 Å². The maximum Gasteiger partial charge on any atom is 0.228 e. The van der Waals surface area contributed by atoms with Gasteiger partial charge < -0.3 is 9.73 Å². The Morgan fingerprint density at radius 3 is 2.55 bits per heavy atom. The van der Waals surface area contributed by atoms with E-state index in [0.717, 1.165) is 20.2 Å². The third kappa shape index (κ3) is 2.43. The Morgan fingerprint density at radius 2 is 1.85 bits per heavy atom. The third-order valence-corrected chi connectivity index (χ3v) is 3.81. The van der Waals surface area contributed by atoms with Gasteiger partial charge in [-0.05, 0) is 71.1 Å². The highest BCUT2D eigenvalue weighted by Crippen LogP contribution is 2.23. The van der Waals surface area contributed by atoms with E-state index >= 15 is 0 Å². The zero-order valence-electron chi connectivity index (χ0n) is 10.8. The second-order valence-electron chi connectivity index (χ2n) is 4.45. The maximum absolute atomic E-state index is 12.4. The normalized spacial score (nSPS) is 10.7. The molecule has 100 valence electrons. The number of carbonyl (C=O) groups excluding carboxylic acids is 1. The molecule has 3 rings (SSSR count). The van der Waals surface area contributed by atoms with E-state index in [4.69, 9.17) is 4.42 Å². The molecule has 0 amide bonds. The lowest BCUT2D eigenvalue weighted by Crippen LogP contribution is -1.99. The van der Waals surface area contributed by atoms with Crippen molar-refractivity contribution in [1.29, 1.82) is 0 Å². The van der Waals surface area contributed by atoms with Crippen molar-refractivity contribution in [2.75, 3.05) is 12.4 Å². The second kappa shape index (κ2) is 5.28. The molecule has 0 spiro atoms. The minimum atomic E-state index is -0.0983. The van der Waals surface area contributed by atoms with Crippen LogP contribution in [-0.2, 0) is 0 Å². The predicted octanol–water partition coefficient (Wildman–Crippen LogP) is 4.31. The van der Waals surface area contributed by atoms with Crippen LogP contribution in [0.15, 0.2) is 52.9 Å². The fraction of sp³-hybridized carbons (Fsp3) is 0.0625. The molecule has 0 aliphatic rings. The largest absolute Gasteiger partial charge is 0.453 e. The van der Waals surface area contributed by atoms with E-state index in [9.17, 15) is 4.79 Å². The van der Waals surface area contributed by atoms with Gasteiger partial charge in [-0.1, -0.05) is 0 Å². The van der Waals surface area contributed by atoms with E-state index in [-0.39, 0.29) is 5.78 Å². The van der Waals surface area contributed by atoms with Crippen LogP contribution in [0.3, 0.4) is 0 Å². The Kier molecular flexibility index (Phi) is 3.48. The highest BCUT2D eigenvalue weighted by molar-refractivity contribution is 14.1. The minimum absolute atomic E-state index is 0.0983. The summed E-state index contributed by atoms with van der Waals surface area (Å²) in [5, 5.41) is 3.98. The number of halogens is 1. The first-order chi connectivity index (χ1) is 9.67. The standard InChI is InChI=1S/C16H12INO2/c1-18-13-5-2-10(3-6-13)16(19)15-9-11-8-12(17)4-7-14(11)20-15/h2-9,18H,1H3/i17-2. The quantitative estimate of drug-likeness (QED) is 0.548. The van der Waals surface area contributed by atoms with E-state index in [1.165, 1.54) is 0 Å². The van der Waals surface area contributed by atoms with E-state index in [2.05, 4.69) is 27.9 Å². The molecule has 3 nitrogen and oxygen atoms in total. The molecule has 0 bridgehead atoms. The van der Waals surface area contributed by atoms with Crippen LogP contribution in [0.2, 0.25) is 0 Å². The summed E-state index contributed by atoms with van der Waals surface area (Å²) < 4.78 is 6.75. The molecule has 0 aliphatic heterocycles. The van der Waals surface area contributed by atoms with Gasteiger partial charge in [0.2, 0.25) is 5.78 Å². The van der Waals surface area contributed by atoms with Crippen molar-refractivity contribution >= 4 is 45.0 Å². The van der Waals surface area contributed by atoms with Crippen molar-refractivity contribution < 1.29 is 9.21 Å². The molecule has 3 aromatic rings. The lowest BCUT2D eigenvalue weighted by atomic mass is 10.1. The van der Waals surface area contributed by atoms with E-state index in [0.29, 0.717) is 11.3 Å². The monoisotopic (exact) mass is 375 g/mol. The molecule has 0 saturated carbocycles. The van der Waals surface area contributed by atoms with Crippen molar-refractivity contribution in [2.24, 2.45) is 0 Å². The maximum atomic E-state index is 12.4. The van der Waals surface area contributed by atoms with Crippen LogP contribution in [0.25, 0.3) is 11.0 Å². The Morgan fingerprint density at radius 1 is 1.10 bits per heavy atom. The summed E-state index contributed by atoms with van der Waals surface area (Å²) in [6, 6.07) is 15.0. The summed E-state index contributed by atoms with van der Waals surface area (Å²) in [4.78, 5) is 12.4. The number of fused-ring (bicyclic) bond motifs is 1. The smallest absolute Gasteiger partial charge is 0.228 e. The number of anilines is 1. The first kappa shape index (κ1) is 13.2. The van der Waals surface area contributed by atoms with Crippen LogP contribution in [0.1, 0.15) is 16.1 Å². The summed E-state index contributed by atoms with van der Waals surface area (Å²) in [5.41, 5.74) is 2.33. The van der Waals surface area contributed by atoms with Crippen LogP contribution < -0.4 is 5.32 Å². The summed E-state index contributed by atoms with van der Waals surface area (Å²) in [6.45, 7) is 0. The van der Waals surface area contributed by atoms with Gasteiger partial charge >= 0.3 is 0 Å². The van der Waals surface area contributed by atoms with Crippen LogP contribution >= 0.6 is 22.6 Å². The summed E-state index contributed by atoms with van der Waals surface area (Å²) in [7, 11) is 1.84. The van der Waals surface area contributed by atoms with Gasteiger partial charge in [0, 0.05) is 27.3 Å². The summed E-state index contributed by atoms with van der Waals surface area (Å²) >= 11 is 2.24. The van der Waals surface area contributed by atoms with Crippen LogP contribution in [0.4, 0.5) is 5.69 Å². The van der Waals surface area contributed by atoms with Crippen molar-refractivity contribution in [2.45, 2.75) is 0 Å². The molecule has 2 aromatic carbocycles. The zero-order valence-corrected chi connectivity index (χ0v) is 13.0. The molecule has 0 atom stereocenters. The Bertz CT molecular complexity index is 775. The molecule has 0 saturated heterocycles.